The number of aromatic amines is 1. The van der Waals surface area contributed by atoms with Crippen molar-refractivity contribution in [1.29, 1.82) is 0 Å². The molecule has 1 heterocycles. The fourth-order valence-electron chi connectivity index (χ4n) is 1.48. The van der Waals surface area contributed by atoms with E-state index in [0.717, 1.165) is 0 Å². The van der Waals surface area contributed by atoms with Crippen LogP contribution in [0.4, 0.5) is 4.39 Å². The van der Waals surface area contributed by atoms with E-state index in [-0.39, 0.29) is 15.9 Å². The van der Waals surface area contributed by atoms with Crippen molar-refractivity contribution in [3.63, 3.8) is 0 Å². The Labute approximate surface area is 89.1 Å². The molecule has 0 saturated heterocycles. The molecule has 0 bridgehead atoms. The van der Waals surface area contributed by atoms with Crippen molar-refractivity contribution in [2.24, 2.45) is 0 Å². The van der Waals surface area contributed by atoms with Gasteiger partial charge in [-0.3, -0.25) is 4.79 Å². The van der Waals surface area contributed by atoms with Crippen LogP contribution in [0.2, 0.25) is 5.02 Å². The van der Waals surface area contributed by atoms with Crippen molar-refractivity contribution in [3.05, 3.63) is 38.9 Å². The molecule has 0 fully saturated rings. The summed E-state index contributed by atoms with van der Waals surface area (Å²) in [5.74, 6) is -1.85. The van der Waals surface area contributed by atoms with Crippen LogP contribution in [0.25, 0.3) is 10.9 Å². The Balaban J connectivity index is 3.11. The third-order valence-electron chi connectivity index (χ3n) is 2.24. The molecular formula is C10H7ClFNO2. The lowest BCUT2D eigenvalue weighted by Crippen LogP contribution is -2.08. The van der Waals surface area contributed by atoms with Crippen LogP contribution >= 0.6 is 11.6 Å². The first-order valence-corrected chi connectivity index (χ1v) is 4.59. The van der Waals surface area contributed by atoms with E-state index in [1.807, 2.05) is 0 Å². The molecule has 5 heteroatoms. The smallest absolute Gasteiger partial charge is 0.293 e. The summed E-state index contributed by atoms with van der Waals surface area (Å²) in [6.45, 7) is 1.67. The highest BCUT2D eigenvalue weighted by Gasteiger charge is 2.14. The molecule has 0 radical (unpaired) electrons. The molecule has 2 rings (SSSR count). The zero-order valence-electron chi connectivity index (χ0n) is 7.77. The Morgan fingerprint density at radius 3 is 2.80 bits per heavy atom. The van der Waals surface area contributed by atoms with Crippen molar-refractivity contribution in [2.75, 3.05) is 0 Å². The first-order chi connectivity index (χ1) is 7.02. The van der Waals surface area contributed by atoms with Gasteiger partial charge in [0.05, 0.1) is 10.5 Å². The van der Waals surface area contributed by atoms with Gasteiger partial charge in [0.15, 0.2) is 5.82 Å². The van der Waals surface area contributed by atoms with Gasteiger partial charge in [0.25, 0.3) is 5.56 Å². The maximum Gasteiger partial charge on any atom is 0.293 e. The summed E-state index contributed by atoms with van der Waals surface area (Å²) in [6, 6.07) is 3.18. The highest BCUT2D eigenvalue weighted by atomic mass is 35.5. The maximum atomic E-state index is 13.6. The highest BCUT2D eigenvalue weighted by molar-refractivity contribution is 6.35. The topological polar surface area (TPSA) is 53.1 Å². The Kier molecular flexibility index (Phi) is 2.16. The lowest BCUT2D eigenvalue weighted by molar-refractivity contribution is 0.428. The summed E-state index contributed by atoms with van der Waals surface area (Å²) in [5, 5.41) is 9.54. The van der Waals surface area contributed by atoms with Crippen LogP contribution in [0, 0.1) is 12.7 Å². The van der Waals surface area contributed by atoms with Crippen LogP contribution in [0.5, 0.6) is 5.75 Å². The van der Waals surface area contributed by atoms with Crippen molar-refractivity contribution in [2.45, 2.75) is 6.92 Å². The van der Waals surface area contributed by atoms with Gasteiger partial charge < -0.3 is 10.1 Å². The van der Waals surface area contributed by atoms with Crippen molar-refractivity contribution in [1.82, 2.24) is 4.98 Å². The van der Waals surface area contributed by atoms with Crippen LogP contribution in [0.3, 0.4) is 0 Å². The summed E-state index contributed by atoms with van der Waals surface area (Å²) in [6.07, 6.45) is 0. The highest BCUT2D eigenvalue weighted by Crippen LogP contribution is 2.28. The van der Waals surface area contributed by atoms with Crippen LogP contribution in [-0.2, 0) is 0 Å². The molecule has 0 aliphatic heterocycles. The van der Waals surface area contributed by atoms with Crippen molar-refractivity contribution >= 4 is 22.5 Å². The molecule has 0 atom stereocenters. The van der Waals surface area contributed by atoms with E-state index in [1.165, 1.54) is 0 Å². The molecule has 0 aliphatic carbocycles. The van der Waals surface area contributed by atoms with Crippen molar-refractivity contribution < 1.29 is 9.50 Å². The number of benzene rings is 1. The van der Waals surface area contributed by atoms with E-state index in [4.69, 9.17) is 16.7 Å². The normalized spacial score (nSPS) is 10.9. The average Bonchev–Trinajstić information content (AvgIpc) is 2.20. The molecule has 3 nitrogen and oxygen atoms in total. The maximum absolute atomic E-state index is 13.6. The van der Waals surface area contributed by atoms with Crippen LogP contribution < -0.4 is 5.56 Å². The fraction of sp³-hybridized carbons (Fsp3) is 0.100. The quantitative estimate of drug-likeness (QED) is 0.726. The molecule has 0 saturated carbocycles. The number of rotatable bonds is 0. The number of hydrogen-bond donors (Lipinski definition) is 2. The number of hydrogen-bond acceptors (Lipinski definition) is 2. The molecule has 1 aromatic carbocycles. The van der Waals surface area contributed by atoms with E-state index in [2.05, 4.69) is 4.98 Å². The van der Waals surface area contributed by atoms with Gasteiger partial charge in [-0.05, 0) is 18.6 Å². The van der Waals surface area contributed by atoms with Gasteiger partial charge in [-0.25, -0.2) is 4.39 Å². The number of aryl methyl sites for hydroxylation is 1. The largest absolute Gasteiger partial charge is 0.501 e. The number of nitrogens with one attached hydrogen (secondary N) is 1. The monoisotopic (exact) mass is 227 g/mol. The summed E-state index contributed by atoms with van der Waals surface area (Å²) < 4.78 is 13.6. The summed E-state index contributed by atoms with van der Waals surface area (Å²) in [4.78, 5) is 13.4. The van der Waals surface area contributed by atoms with E-state index < -0.39 is 17.1 Å². The first kappa shape index (κ1) is 9.98. The molecule has 0 spiro atoms. The Hall–Kier alpha value is -1.55. The molecule has 0 amide bonds. The third-order valence-corrected chi connectivity index (χ3v) is 2.56. The SMILES string of the molecule is Cc1ccc(Cl)c2[nH]c(=O)c(O)c(F)c12. The second-order valence-corrected chi connectivity index (χ2v) is 3.64. The number of aromatic hydroxyl groups is 1. The minimum absolute atomic E-state index is 0.139. The zero-order valence-corrected chi connectivity index (χ0v) is 8.52. The molecule has 1 aromatic heterocycles. The molecule has 78 valence electrons. The lowest BCUT2D eigenvalue weighted by atomic mass is 10.1. The molecule has 15 heavy (non-hydrogen) atoms. The van der Waals surface area contributed by atoms with Gasteiger partial charge in [-0.1, -0.05) is 17.7 Å². The Bertz CT molecular complexity index is 606. The summed E-state index contributed by atoms with van der Waals surface area (Å²) in [7, 11) is 0. The minimum Gasteiger partial charge on any atom is -0.501 e. The lowest BCUT2D eigenvalue weighted by Gasteiger charge is -2.05. The third kappa shape index (κ3) is 1.37. The van der Waals surface area contributed by atoms with E-state index in [9.17, 15) is 9.18 Å². The van der Waals surface area contributed by atoms with Crippen LogP contribution in [0.15, 0.2) is 16.9 Å². The van der Waals surface area contributed by atoms with Gasteiger partial charge in [-0.2, -0.15) is 0 Å². The summed E-state index contributed by atoms with van der Waals surface area (Å²) >= 11 is 5.81. The second-order valence-electron chi connectivity index (χ2n) is 3.23. The first-order valence-electron chi connectivity index (χ1n) is 4.22. The Morgan fingerprint density at radius 1 is 1.47 bits per heavy atom. The van der Waals surface area contributed by atoms with E-state index in [0.29, 0.717) is 5.56 Å². The summed E-state index contributed by atoms with van der Waals surface area (Å²) in [5.41, 5.74) is -0.0806. The van der Waals surface area contributed by atoms with Gasteiger partial charge in [0.1, 0.15) is 0 Å². The van der Waals surface area contributed by atoms with E-state index in [1.54, 1.807) is 19.1 Å². The zero-order chi connectivity index (χ0) is 11.2. The number of pyridine rings is 1. The van der Waals surface area contributed by atoms with Crippen LogP contribution in [0.1, 0.15) is 5.56 Å². The molecule has 0 unspecified atom stereocenters. The predicted molar refractivity (Wildman–Crippen MR) is 55.9 cm³/mol. The molecule has 2 N–H and O–H groups in total. The molecule has 0 aliphatic rings. The predicted octanol–water partition coefficient (Wildman–Crippen LogP) is 2.33. The fourth-order valence-corrected chi connectivity index (χ4v) is 1.68. The van der Waals surface area contributed by atoms with Gasteiger partial charge >= 0.3 is 0 Å². The number of aromatic nitrogens is 1. The molecule has 2 aromatic rings. The van der Waals surface area contributed by atoms with Crippen molar-refractivity contribution in [3.8, 4) is 5.75 Å². The van der Waals surface area contributed by atoms with Gasteiger partial charge in [-0.15, -0.1) is 0 Å². The Morgan fingerprint density at radius 2 is 2.13 bits per heavy atom. The number of H-pyrrole nitrogens is 1. The average molecular weight is 228 g/mol. The van der Waals surface area contributed by atoms with Gasteiger partial charge in [0.2, 0.25) is 5.75 Å². The van der Waals surface area contributed by atoms with E-state index >= 15 is 0 Å². The number of fused-ring (bicyclic) bond motifs is 1. The minimum atomic E-state index is -0.936. The molecular weight excluding hydrogens is 221 g/mol. The van der Waals surface area contributed by atoms with Gasteiger partial charge in [0, 0.05) is 5.39 Å². The standard InChI is InChI=1S/C10H7ClFNO2/c1-4-2-3-5(11)8-6(4)7(12)9(14)10(15)13-8/h2-3,14H,1H3,(H,13,15). The number of halogens is 2. The second kappa shape index (κ2) is 3.24. The van der Waals surface area contributed by atoms with Crippen LogP contribution in [-0.4, -0.2) is 10.1 Å².